The molecular weight excluding hydrogens is 368 g/mol. The lowest BCUT2D eigenvalue weighted by Gasteiger charge is -2.31. The van der Waals surface area contributed by atoms with Crippen molar-refractivity contribution in [1.82, 2.24) is 0 Å². The molecule has 0 amide bonds. The summed E-state index contributed by atoms with van der Waals surface area (Å²) in [6, 6.07) is 9.66. The van der Waals surface area contributed by atoms with Gasteiger partial charge in [-0.3, -0.25) is 4.79 Å². The Kier molecular flexibility index (Phi) is 7.74. The lowest BCUT2D eigenvalue weighted by molar-refractivity contribution is -0.146. The number of rotatable bonds is 7. The van der Waals surface area contributed by atoms with Gasteiger partial charge in [-0.25, -0.2) is 4.99 Å². The van der Waals surface area contributed by atoms with E-state index in [9.17, 15) is 10.1 Å². The molecule has 138 valence electrons. The Labute approximate surface area is 164 Å². The second-order valence-corrected chi connectivity index (χ2v) is 7.51. The summed E-state index contributed by atoms with van der Waals surface area (Å²) in [6.07, 6.45) is 1.53. The zero-order valence-corrected chi connectivity index (χ0v) is 16.9. The van der Waals surface area contributed by atoms with Crippen LogP contribution in [0.3, 0.4) is 0 Å². The van der Waals surface area contributed by atoms with Crippen LogP contribution in [0, 0.1) is 17.2 Å². The molecule has 2 rings (SSSR count). The third-order valence-corrected chi connectivity index (χ3v) is 5.38. The Balaban J connectivity index is 2.69. The van der Waals surface area contributed by atoms with Crippen molar-refractivity contribution in [3.63, 3.8) is 0 Å². The summed E-state index contributed by atoms with van der Waals surface area (Å²) in [7, 11) is 0. The van der Waals surface area contributed by atoms with E-state index < -0.39 is 11.8 Å². The molecule has 4 nitrogen and oxygen atoms in total. The highest BCUT2D eigenvalue weighted by molar-refractivity contribution is 8.03. The Morgan fingerprint density at radius 2 is 2.08 bits per heavy atom. The number of hydrogen-bond acceptors (Lipinski definition) is 5. The fourth-order valence-electron chi connectivity index (χ4n) is 3.15. The number of nitriles is 1. The van der Waals surface area contributed by atoms with E-state index in [4.69, 9.17) is 21.3 Å². The van der Waals surface area contributed by atoms with Gasteiger partial charge in [0.1, 0.15) is 10.9 Å². The highest BCUT2D eigenvalue weighted by atomic mass is 35.5. The van der Waals surface area contributed by atoms with E-state index in [0.717, 1.165) is 23.4 Å². The van der Waals surface area contributed by atoms with Crippen molar-refractivity contribution in [2.75, 3.05) is 12.4 Å². The summed E-state index contributed by atoms with van der Waals surface area (Å²) in [5, 5.41) is 11.1. The van der Waals surface area contributed by atoms with E-state index >= 15 is 0 Å². The molecule has 1 aromatic carbocycles. The lowest BCUT2D eigenvalue weighted by Crippen LogP contribution is -2.35. The van der Waals surface area contributed by atoms with Crippen LogP contribution < -0.4 is 0 Å². The van der Waals surface area contributed by atoms with E-state index in [1.165, 1.54) is 11.8 Å². The summed E-state index contributed by atoms with van der Waals surface area (Å²) < 4.78 is 5.34. The minimum Gasteiger partial charge on any atom is -0.465 e. The molecule has 0 saturated heterocycles. The van der Waals surface area contributed by atoms with E-state index in [0.29, 0.717) is 22.0 Å². The molecule has 1 heterocycles. The van der Waals surface area contributed by atoms with E-state index in [-0.39, 0.29) is 12.6 Å². The molecule has 6 heteroatoms. The minimum absolute atomic E-state index is 0.284. The normalized spacial score (nSPS) is 19.7. The third-order valence-electron chi connectivity index (χ3n) is 4.17. The number of hydrogen-bond donors (Lipinski definition) is 0. The van der Waals surface area contributed by atoms with Crippen molar-refractivity contribution in [2.24, 2.45) is 10.9 Å². The van der Waals surface area contributed by atoms with E-state index in [1.807, 2.05) is 32.0 Å². The average molecular weight is 391 g/mol. The molecule has 0 saturated carbocycles. The molecule has 0 aromatic heterocycles. The monoisotopic (exact) mass is 390 g/mol. The molecule has 2 atom stereocenters. The molecule has 0 radical (unpaired) electrons. The summed E-state index contributed by atoms with van der Waals surface area (Å²) >= 11 is 7.97. The van der Waals surface area contributed by atoms with Crippen molar-refractivity contribution in [3.05, 3.63) is 45.5 Å². The average Bonchev–Trinajstić information content (AvgIpc) is 2.62. The first-order valence-electron chi connectivity index (χ1n) is 8.84. The largest absolute Gasteiger partial charge is 0.465 e. The van der Waals surface area contributed by atoms with Gasteiger partial charge in [0.15, 0.2) is 0 Å². The fraction of sp³-hybridized carbons (Fsp3) is 0.450. The Morgan fingerprint density at radius 1 is 1.35 bits per heavy atom. The van der Waals surface area contributed by atoms with Crippen LogP contribution in [0.25, 0.3) is 0 Å². The topological polar surface area (TPSA) is 62.5 Å². The number of aliphatic imine (C=N–C) groups is 1. The Hall–Kier alpha value is -1.77. The first-order chi connectivity index (χ1) is 12.6. The number of benzene rings is 1. The smallest absolute Gasteiger partial charge is 0.315 e. The number of esters is 1. The number of halogens is 1. The molecule has 0 aliphatic carbocycles. The van der Waals surface area contributed by atoms with Crippen molar-refractivity contribution in [3.8, 4) is 6.07 Å². The van der Waals surface area contributed by atoms with Crippen LogP contribution >= 0.6 is 23.4 Å². The van der Waals surface area contributed by atoms with Gasteiger partial charge in [0.2, 0.25) is 0 Å². The van der Waals surface area contributed by atoms with Gasteiger partial charge in [0, 0.05) is 16.7 Å². The number of carbonyl (C=O) groups excluding carboxylic acids is 1. The van der Waals surface area contributed by atoms with Crippen LogP contribution in [0.15, 0.2) is 39.9 Å². The molecule has 1 aromatic rings. The van der Waals surface area contributed by atoms with Gasteiger partial charge >= 0.3 is 5.97 Å². The molecule has 0 spiro atoms. The van der Waals surface area contributed by atoms with Crippen LogP contribution in [0.2, 0.25) is 5.02 Å². The van der Waals surface area contributed by atoms with Crippen LogP contribution in [0.5, 0.6) is 0 Å². The molecule has 26 heavy (non-hydrogen) atoms. The maximum Gasteiger partial charge on any atom is 0.315 e. The summed E-state index contributed by atoms with van der Waals surface area (Å²) in [4.78, 5) is 17.5. The van der Waals surface area contributed by atoms with Crippen LogP contribution in [-0.4, -0.2) is 24.0 Å². The van der Waals surface area contributed by atoms with Crippen molar-refractivity contribution in [1.29, 1.82) is 5.26 Å². The quantitative estimate of drug-likeness (QED) is 0.589. The maximum atomic E-state index is 12.8. The Morgan fingerprint density at radius 3 is 2.65 bits per heavy atom. The van der Waals surface area contributed by atoms with Gasteiger partial charge in [-0.2, -0.15) is 5.26 Å². The number of allylic oxidation sites excluding steroid dienone is 1. The summed E-state index contributed by atoms with van der Waals surface area (Å²) in [5.74, 6) is -0.646. The highest BCUT2D eigenvalue weighted by Crippen LogP contribution is 2.44. The van der Waals surface area contributed by atoms with Crippen LogP contribution in [0.1, 0.15) is 45.1 Å². The van der Waals surface area contributed by atoms with Crippen molar-refractivity contribution in [2.45, 2.75) is 39.5 Å². The maximum absolute atomic E-state index is 12.8. The van der Waals surface area contributed by atoms with E-state index in [2.05, 4.69) is 6.07 Å². The second kappa shape index (κ2) is 9.80. The van der Waals surface area contributed by atoms with Gasteiger partial charge in [-0.05, 0) is 30.7 Å². The van der Waals surface area contributed by atoms with Gasteiger partial charge in [0.25, 0.3) is 0 Å². The summed E-state index contributed by atoms with van der Waals surface area (Å²) in [6.45, 7) is 6.13. The predicted molar refractivity (Wildman–Crippen MR) is 107 cm³/mol. The lowest BCUT2D eigenvalue weighted by atomic mass is 9.76. The molecule has 0 fully saturated rings. The van der Waals surface area contributed by atoms with Crippen molar-refractivity contribution >= 4 is 35.0 Å². The molecule has 1 aliphatic heterocycles. The fourth-order valence-corrected chi connectivity index (χ4v) is 4.19. The molecule has 0 bridgehead atoms. The predicted octanol–water partition coefficient (Wildman–Crippen LogP) is 5.35. The van der Waals surface area contributed by atoms with Crippen LogP contribution in [-0.2, 0) is 9.53 Å². The number of ether oxygens (including phenoxy) is 1. The van der Waals surface area contributed by atoms with Gasteiger partial charge in [-0.15, -0.1) is 11.8 Å². The first kappa shape index (κ1) is 20.5. The van der Waals surface area contributed by atoms with Crippen LogP contribution in [0.4, 0.5) is 0 Å². The number of carbonyl (C=O) groups is 1. The highest BCUT2D eigenvalue weighted by Gasteiger charge is 2.42. The minimum atomic E-state index is -0.620. The summed E-state index contributed by atoms with van der Waals surface area (Å²) in [5.41, 5.74) is 2.02. The third kappa shape index (κ3) is 4.31. The molecule has 1 unspecified atom stereocenters. The molecular formula is C20H23ClN2O2S. The Bertz CT molecular complexity index is 767. The zero-order valence-electron chi connectivity index (χ0n) is 15.3. The zero-order chi connectivity index (χ0) is 19.1. The van der Waals surface area contributed by atoms with E-state index in [1.54, 1.807) is 13.0 Å². The second-order valence-electron chi connectivity index (χ2n) is 5.85. The number of nitrogens with zero attached hydrogens (tertiary/aromatic N) is 2. The molecule has 0 N–H and O–H groups in total. The standard InChI is InChI=1S/C20H23ClN2O2S/c1-4-9-16-18(20(24)25-5-2)17(13-10-7-8-11-15(13)21)14(12-22)19(23-16)26-6-3/h7-8,10-11,17-18H,4-6,9H2,1-3H3/t17-,18?/m0/s1. The van der Waals surface area contributed by atoms with Gasteiger partial charge < -0.3 is 4.74 Å². The SMILES string of the molecule is CCCC1=NC(SCC)=C(C#N)[C@H](c2ccccc2Cl)C1C(=O)OCC. The first-order valence-corrected chi connectivity index (χ1v) is 10.2. The van der Waals surface area contributed by atoms with Crippen molar-refractivity contribution < 1.29 is 9.53 Å². The van der Waals surface area contributed by atoms with Gasteiger partial charge in [-0.1, -0.05) is 50.1 Å². The number of thioether (sulfide) groups is 1. The molecule has 1 aliphatic rings. The van der Waals surface area contributed by atoms with Gasteiger partial charge in [0.05, 0.1) is 18.2 Å².